The number of hydrogen-bond donors (Lipinski definition) is 1. The van der Waals surface area contributed by atoms with E-state index in [-0.39, 0.29) is 17.2 Å². The highest BCUT2D eigenvalue weighted by atomic mass is 35.5. The summed E-state index contributed by atoms with van der Waals surface area (Å²) in [4.78, 5) is 24.1. The van der Waals surface area contributed by atoms with Gasteiger partial charge in [-0.2, -0.15) is 0 Å². The van der Waals surface area contributed by atoms with Gasteiger partial charge in [-0.1, -0.05) is 29.3 Å². The molecule has 138 valence electrons. The van der Waals surface area contributed by atoms with Crippen molar-refractivity contribution in [3.8, 4) is 5.75 Å². The fourth-order valence-corrected chi connectivity index (χ4v) is 2.56. The van der Waals surface area contributed by atoms with Gasteiger partial charge in [-0.25, -0.2) is 4.39 Å². The van der Waals surface area contributed by atoms with Gasteiger partial charge in [-0.05, 0) is 42.8 Å². The third-order valence-corrected chi connectivity index (χ3v) is 3.98. The SMILES string of the molecule is COc1ccc(CC(=O)O[C@@H](C)C(=O)Nc2ccc(Cl)cc2Cl)cc1F. The van der Waals surface area contributed by atoms with Crippen molar-refractivity contribution in [3.05, 3.63) is 57.8 Å². The molecule has 1 N–H and O–H groups in total. The molecule has 0 radical (unpaired) electrons. The number of methoxy groups -OCH3 is 1. The fraction of sp³-hybridized carbons (Fsp3) is 0.222. The molecule has 2 rings (SSSR count). The Bertz CT molecular complexity index is 829. The number of anilines is 1. The van der Waals surface area contributed by atoms with Gasteiger partial charge in [0.05, 0.1) is 24.2 Å². The predicted octanol–water partition coefficient (Wildman–Crippen LogP) is 4.25. The van der Waals surface area contributed by atoms with E-state index in [2.05, 4.69) is 5.32 Å². The van der Waals surface area contributed by atoms with Crippen LogP contribution in [0.1, 0.15) is 12.5 Å². The molecule has 0 fully saturated rings. The number of nitrogens with one attached hydrogen (secondary N) is 1. The molecule has 26 heavy (non-hydrogen) atoms. The van der Waals surface area contributed by atoms with Gasteiger partial charge in [0.1, 0.15) is 0 Å². The maximum absolute atomic E-state index is 13.6. The van der Waals surface area contributed by atoms with Crippen molar-refractivity contribution < 1.29 is 23.5 Å². The molecule has 0 aliphatic heterocycles. The van der Waals surface area contributed by atoms with E-state index in [9.17, 15) is 14.0 Å². The second-order valence-electron chi connectivity index (χ2n) is 5.39. The minimum Gasteiger partial charge on any atom is -0.494 e. The molecular formula is C18H16Cl2FNO4. The van der Waals surface area contributed by atoms with Crippen LogP contribution in [0.15, 0.2) is 36.4 Å². The first-order valence-electron chi connectivity index (χ1n) is 7.58. The van der Waals surface area contributed by atoms with Crippen LogP contribution in [-0.2, 0) is 20.7 Å². The Balaban J connectivity index is 1.93. The normalized spacial score (nSPS) is 11.6. The highest BCUT2D eigenvalue weighted by Gasteiger charge is 2.19. The van der Waals surface area contributed by atoms with E-state index in [1.165, 1.54) is 38.3 Å². The molecule has 0 unspecified atom stereocenters. The summed E-state index contributed by atoms with van der Waals surface area (Å²) in [6.07, 6.45) is -1.24. The monoisotopic (exact) mass is 399 g/mol. The van der Waals surface area contributed by atoms with E-state index in [4.69, 9.17) is 32.7 Å². The Morgan fingerprint density at radius 1 is 1.19 bits per heavy atom. The Kier molecular flexibility index (Phi) is 6.83. The van der Waals surface area contributed by atoms with Crippen LogP contribution in [0.4, 0.5) is 10.1 Å². The van der Waals surface area contributed by atoms with E-state index in [0.29, 0.717) is 16.3 Å². The van der Waals surface area contributed by atoms with Crippen LogP contribution in [0.3, 0.4) is 0 Å². The number of hydrogen-bond acceptors (Lipinski definition) is 4. The molecule has 0 heterocycles. The van der Waals surface area contributed by atoms with Gasteiger partial charge in [0, 0.05) is 5.02 Å². The van der Waals surface area contributed by atoms with Crippen molar-refractivity contribution in [2.75, 3.05) is 12.4 Å². The quantitative estimate of drug-likeness (QED) is 0.737. The minimum atomic E-state index is -1.06. The number of benzene rings is 2. The molecule has 1 atom stereocenters. The first kappa shape index (κ1) is 20.0. The van der Waals surface area contributed by atoms with Gasteiger partial charge in [0.2, 0.25) is 0 Å². The van der Waals surface area contributed by atoms with Crippen molar-refractivity contribution in [1.82, 2.24) is 0 Å². The molecule has 1 amide bonds. The van der Waals surface area contributed by atoms with E-state index < -0.39 is 23.8 Å². The largest absolute Gasteiger partial charge is 0.494 e. The number of rotatable bonds is 6. The van der Waals surface area contributed by atoms with Crippen LogP contribution in [0.2, 0.25) is 10.0 Å². The predicted molar refractivity (Wildman–Crippen MR) is 97.3 cm³/mol. The maximum atomic E-state index is 13.6. The third kappa shape index (κ3) is 5.34. The van der Waals surface area contributed by atoms with E-state index in [1.54, 1.807) is 12.1 Å². The fourth-order valence-electron chi connectivity index (χ4n) is 2.10. The van der Waals surface area contributed by atoms with Gasteiger partial charge in [-0.3, -0.25) is 9.59 Å². The lowest BCUT2D eigenvalue weighted by molar-refractivity contribution is -0.152. The zero-order valence-corrected chi connectivity index (χ0v) is 15.5. The zero-order chi connectivity index (χ0) is 19.3. The van der Waals surface area contributed by atoms with Crippen molar-refractivity contribution in [2.45, 2.75) is 19.4 Å². The summed E-state index contributed by atoms with van der Waals surface area (Å²) in [6.45, 7) is 1.42. The Hall–Kier alpha value is -2.31. The molecule has 0 aliphatic rings. The Morgan fingerprint density at radius 2 is 1.92 bits per heavy atom. The van der Waals surface area contributed by atoms with Gasteiger partial charge >= 0.3 is 5.97 Å². The molecule has 0 aromatic heterocycles. The number of carbonyl (C=O) groups excluding carboxylic acids is 2. The number of halogens is 3. The molecule has 0 saturated carbocycles. The average molecular weight is 400 g/mol. The van der Waals surface area contributed by atoms with Crippen molar-refractivity contribution in [2.24, 2.45) is 0 Å². The Labute approximate surface area is 160 Å². The lowest BCUT2D eigenvalue weighted by atomic mass is 10.1. The van der Waals surface area contributed by atoms with Gasteiger partial charge in [0.25, 0.3) is 5.91 Å². The smallest absolute Gasteiger partial charge is 0.311 e. The molecule has 8 heteroatoms. The highest BCUT2D eigenvalue weighted by molar-refractivity contribution is 6.36. The number of ether oxygens (including phenoxy) is 2. The molecule has 0 spiro atoms. The second kappa shape index (κ2) is 8.87. The molecule has 2 aromatic carbocycles. The summed E-state index contributed by atoms with van der Waals surface area (Å²) in [6, 6.07) is 8.72. The summed E-state index contributed by atoms with van der Waals surface area (Å²) < 4.78 is 23.5. The van der Waals surface area contributed by atoms with Crippen molar-refractivity contribution in [1.29, 1.82) is 0 Å². The van der Waals surface area contributed by atoms with E-state index >= 15 is 0 Å². The summed E-state index contributed by atoms with van der Waals surface area (Å²) in [5.41, 5.74) is 0.753. The minimum absolute atomic E-state index is 0.0784. The summed E-state index contributed by atoms with van der Waals surface area (Å²) in [5, 5.41) is 3.24. The highest BCUT2D eigenvalue weighted by Crippen LogP contribution is 2.25. The topological polar surface area (TPSA) is 64.6 Å². The van der Waals surface area contributed by atoms with Gasteiger partial charge in [0.15, 0.2) is 17.7 Å². The van der Waals surface area contributed by atoms with Crippen LogP contribution in [0.25, 0.3) is 0 Å². The van der Waals surface area contributed by atoms with Gasteiger partial charge < -0.3 is 14.8 Å². The summed E-state index contributed by atoms with van der Waals surface area (Å²) in [5.74, 6) is -1.72. The molecule has 0 saturated heterocycles. The van der Waals surface area contributed by atoms with Crippen LogP contribution in [-0.4, -0.2) is 25.1 Å². The number of carbonyl (C=O) groups is 2. The number of esters is 1. The molecular weight excluding hydrogens is 384 g/mol. The molecule has 2 aromatic rings. The standard InChI is InChI=1S/C18H16Cl2FNO4/c1-10(18(24)22-15-5-4-12(19)9-13(15)20)26-17(23)8-11-3-6-16(25-2)14(21)7-11/h3-7,9-10H,8H2,1-2H3,(H,22,24)/t10-/m0/s1. The van der Waals surface area contributed by atoms with Crippen molar-refractivity contribution in [3.63, 3.8) is 0 Å². The average Bonchev–Trinajstić information content (AvgIpc) is 2.57. The van der Waals surface area contributed by atoms with Crippen LogP contribution < -0.4 is 10.1 Å². The first-order chi connectivity index (χ1) is 12.3. The van der Waals surface area contributed by atoms with Crippen LogP contribution >= 0.6 is 23.2 Å². The molecule has 0 bridgehead atoms. The molecule has 0 aliphatic carbocycles. The third-order valence-electron chi connectivity index (χ3n) is 3.43. The first-order valence-corrected chi connectivity index (χ1v) is 8.33. The van der Waals surface area contributed by atoms with Crippen LogP contribution in [0.5, 0.6) is 5.75 Å². The second-order valence-corrected chi connectivity index (χ2v) is 6.23. The van der Waals surface area contributed by atoms with Gasteiger partial charge in [-0.15, -0.1) is 0 Å². The van der Waals surface area contributed by atoms with Crippen LogP contribution in [0, 0.1) is 5.82 Å². The lowest BCUT2D eigenvalue weighted by Crippen LogP contribution is -2.30. The summed E-state index contributed by atoms with van der Waals surface area (Å²) >= 11 is 11.8. The van der Waals surface area contributed by atoms with E-state index in [0.717, 1.165) is 0 Å². The maximum Gasteiger partial charge on any atom is 0.311 e. The van der Waals surface area contributed by atoms with E-state index in [1.807, 2.05) is 0 Å². The summed E-state index contributed by atoms with van der Waals surface area (Å²) in [7, 11) is 1.35. The van der Waals surface area contributed by atoms with Crippen molar-refractivity contribution >= 4 is 40.8 Å². The zero-order valence-electron chi connectivity index (χ0n) is 14.0. The Morgan fingerprint density at radius 3 is 2.54 bits per heavy atom. The molecule has 5 nitrogen and oxygen atoms in total. The number of amides is 1. The lowest BCUT2D eigenvalue weighted by Gasteiger charge is -2.14.